The minimum atomic E-state index is -2.08. The molecule has 0 aromatic rings. The molecule has 0 aromatic heterocycles. The monoisotopic (exact) mass is 2970 g/mol. The molecule has 0 saturated carbocycles. The predicted molar refractivity (Wildman–Crippen MR) is 144 cm³/mol. The van der Waals surface area contributed by atoms with Crippen LogP contribution in [0, 0.1) is 451 Å². The number of ether oxygens (including phenoxy) is 7. The van der Waals surface area contributed by atoms with E-state index in [1.165, 1.54) is 13.8 Å². The molecule has 4 aliphatic heterocycles. The number of hydrogen-bond acceptors (Lipinski definition) is 21. The van der Waals surface area contributed by atoms with Crippen LogP contribution >= 0.6 is 0 Å². The molecule has 34 heteroatoms. The standard InChI is InChI=1S/C24H40N4O20.10Ac/c1-5-10(31)13(34)16(37)22(41-5)46-19-9(26-27-25)21(48-28(39)40)44-8(4-30)18(19)45-24-20(15(36)12(33)7(3-29)43-24)47-23-17(38)14(35)11(32)6(2)42-23;;;;;;;;;;/h5-24,29-38H,3-4H2,1-2H3;;;;;;;;;;/t5?,6?,7?,8?,9?,10-,11+,12+,13-,14?,15+,16?,17+,18+,19-,20?,21?,22-,23?,24+;;;;;;;;;;/m1........../s1. The van der Waals surface area contributed by atoms with Gasteiger partial charge >= 0.3 is 0 Å². The molecule has 0 aromatic carbocycles. The van der Waals surface area contributed by atoms with Crippen LogP contribution in [0.4, 0.5) is 0 Å². The van der Waals surface area contributed by atoms with Crippen LogP contribution in [0.2, 0.25) is 0 Å². The van der Waals surface area contributed by atoms with Gasteiger partial charge in [0.25, 0.3) is 5.09 Å². The molecular weight excluding hydrogens is 2930 g/mol. The maximum atomic E-state index is 11.3. The molecule has 4 fully saturated rings. The van der Waals surface area contributed by atoms with Gasteiger partial charge in [0.05, 0.1) is 25.4 Å². The van der Waals surface area contributed by atoms with Crippen LogP contribution in [0.1, 0.15) is 13.8 Å². The second-order valence-corrected chi connectivity index (χ2v) is 11.6. The van der Waals surface area contributed by atoms with Crippen molar-refractivity contribution in [3.8, 4) is 0 Å². The van der Waals surface area contributed by atoms with Gasteiger partial charge in [0.15, 0.2) is 18.9 Å². The molecule has 20 atom stereocenters. The third-order valence-corrected chi connectivity index (χ3v) is 8.48. The van der Waals surface area contributed by atoms with E-state index < -0.39 is 141 Å². The van der Waals surface area contributed by atoms with Crippen LogP contribution in [0.5, 0.6) is 0 Å². The summed E-state index contributed by atoms with van der Waals surface area (Å²) in [4.78, 5) is 18.4. The molecule has 24 nitrogen and oxygen atoms in total. The summed E-state index contributed by atoms with van der Waals surface area (Å²) in [6.45, 7) is 0.724. The molecule has 4 saturated heterocycles. The number of rotatable bonds is 11. The molecule has 0 amide bonds. The van der Waals surface area contributed by atoms with Gasteiger partial charge in [-0.1, -0.05) is 5.11 Å². The van der Waals surface area contributed by atoms with Gasteiger partial charge in [0.2, 0.25) is 6.29 Å². The summed E-state index contributed by atoms with van der Waals surface area (Å²) in [7, 11) is 0. The zero-order valence-electron chi connectivity index (χ0n) is 31.1. The number of azide groups is 1. The minimum absolute atomic E-state index is 0. The Balaban J connectivity index is -0.000000520. The SMILES string of the molecule is CC1OC(OC2[C@H](O[C@H]3C(CO)OC(O[N+](=O)[O-])C(N=[N+]=[N-])[C@H]3O[C@H]3OC(C)[C@@H](O)[C@@H](O)C3O)OC(CO)[C@H](O)[C@@H]2O)[C@@H](O)C(O)[C@H]1O.[Ac].[Ac].[Ac].[Ac].[Ac].[Ac].[Ac].[Ac].[Ac].[Ac]. The molecule has 10 N–H and O–H groups in total. The minimum Gasteiger partial charge on any atom is -0.394 e. The Morgan fingerprint density at radius 1 is 0.552 bits per heavy atom. The fourth-order valence-electron chi connectivity index (χ4n) is 5.74. The van der Waals surface area contributed by atoms with Crippen LogP contribution < -0.4 is 0 Å². The van der Waals surface area contributed by atoms with E-state index in [0.717, 1.165) is 0 Å². The van der Waals surface area contributed by atoms with Gasteiger partial charge in [0.1, 0.15) is 85.4 Å². The number of aliphatic hydroxyl groups is 10. The Bertz CT molecular complexity index is 1160. The summed E-state index contributed by atoms with van der Waals surface area (Å²) >= 11 is 0. The molecule has 4 aliphatic rings. The number of nitrogens with zero attached hydrogens (tertiary/aromatic N) is 4. The first-order valence-electron chi connectivity index (χ1n) is 14.7. The van der Waals surface area contributed by atoms with E-state index in [9.17, 15) is 66.7 Å². The van der Waals surface area contributed by atoms with Crippen molar-refractivity contribution >= 4 is 0 Å². The molecule has 306 valence electrons. The van der Waals surface area contributed by atoms with Crippen LogP contribution in [0.15, 0.2) is 5.11 Å². The predicted octanol–water partition coefficient (Wildman–Crippen LogP) is -6.16. The van der Waals surface area contributed by atoms with E-state index >= 15 is 0 Å². The Morgan fingerprint density at radius 3 is 1.34 bits per heavy atom. The van der Waals surface area contributed by atoms with Crippen molar-refractivity contribution in [3.63, 3.8) is 0 Å². The quantitative estimate of drug-likeness (QED) is 0.0303. The van der Waals surface area contributed by atoms with Gasteiger partial charge in [-0.05, 0) is 19.4 Å². The third kappa shape index (κ3) is 23.2. The maximum Gasteiger partial charge on any atom is 0.297 e. The van der Waals surface area contributed by atoms with Crippen molar-refractivity contribution in [2.24, 2.45) is 5.11 Å². The van der Waals surface area contributed by atoms with Crippen LogP contribution in [0.25, 0.3) is 10.4 Å². The molecule has 4 heterocycles. The first kappa shape index (κ1) is 84.2. The molecule has 0 bridgehead atoms. The molecular formula is C24H40Ac10N4O20. The van der Waals surface area contributed by atoms with E-state index in [2.05, 4.69) is 14.9 Å². The number of hydrogen-bond donors (Lipinski definition) is 10. The van der Waals surface area contributed by atoms with Crippen molar-refractivity contribution in [1.82, 2.24) is 0 Å². The van der Waals surface area contributed by atoms with Crippen molar-refractivity contribution in [2.75, 3.05) is 13.2 Å². The summed E-state index contributed by atoms with van der Waals surface area (Å²) in [5.41, 5.74) is 9.31. The zero-order chi connectivity index (χ0) is 35.6. The van der Waals surface area contributed by atoms with Crippen LogP contribution in [-0.2, 0) is 38.0 Å². The Hall–Kier alpha value is 12.2. The van der Waals surface area contributed by atoms with Crippen LogP contribution in [0.3, 0.4) is 0 Å². The Kier molecular flexibility index (Phi) is 61.5. The maximum absolute atomic E-state index is 11.3. The van der Waals surface area contributed by atoms with Crippen molar-refractivity contribution < 1.29 is 535 Å². The summed E-state index contributed by atoms with van der Waals surface area (Å²) in [5, 5.41) is 117. The van der Waals surface area contributed by atoms with Gasteiger partial charge in [-0.15, -0.1) is 10.1 Å². The molecule has 4 rings (SSSR count). The second kappa shape index (κ2) is 42.4. The summed E-state index contributed by atoms with van der Waals surface area (Å²) in [6, 6.07) is -1.89. The summed E-state index contributed by atoms with van der Waals surface area (Å²) < 4.78 is 39.5. The molecule has 0 spiro atoms. The number of aliphatic hydroxyl groups excluding tert-OH is 10. The average Bonchev–Trinajstić information content (AvgIpc) is 3.05. The molecule has 58 heavy (non-hydrogen) atoms. The van der Waals surface area contributed by atoms with Crippen molar-refractivity contribution in [2.45, 2.75) is 137 Å². The Morgan fingerprint density at radius 2 is 0.948 bits per heavy atom. The van der Waals surface area contributed by atoms with Gasteiger partial charge in [-0.2, -0.15) is 0 Å². The van der Waals surface area contributed by atoms with E-state index in [1.54, 1.807) is 0 Å². The van der Waals surface area contributed by atoms with E-state index in [-0.39, 0.29) is 441 Å². The summed E-state index contributed by atoms with van der Waals surface area (Å²) in [5.74, 6) is 0. The molecule has 10 radical (unpaired) electrons. The van der Waals surface area contributed by atoms with Gasteiger partial charge in [-0.3, -0.25) is 4.84 Å². The summed E-state index contributed by atoms with van der Waals surface area (Å²) in [6.07, 6.45) is -33.3. The van der Waals surface area contributed by atoms with Crippen molar-refractivity contribution in [3.05, 3.63) is 20.6 Å². The molecule has 0 aliphatic carbocycles. The normalized spacial score (nSPS) is 41.3. The van der Waals surface area contributed by atoms with E-state index in [1.807, 2.05) is 0 Å². The largest absolute Gasteiger partial charge is 0.394 e. The van der Waals surface area contributed by atoms with E-state index in [4.69, 9.17) is 33.2 Å². The topological polar surface area (TPSA) is 368 Å². The van der Waals surface area contributed by atoms with Crippen molar-refractivity contribution in [1.29, 1.82) is 0 Å². The first-order valence-corrected chi connectivity index (χ1v) is 14.7. The Labute approximate surface area is 690 Å². The fourth-order valence-corrected chi connectivity index (χ4v) is 5.74. The average molecular weight is 2970 g/mol. The second-order valence-electron chi connectivity index (χ2n) is 11.6. The first-order chi connectivity index (χ1) is 22.6. The third-order valence-electron chi connectivity index (χ3n) is 8.48. The fraction of sp³-hybridized carbons (Fsp3) is 1.00. The smallest absolute Gasteiger partial charge is 0.297 e. The van der Waals surface area contributed by atoms with Gasteiger partial charge < -0.3 is 84.2 Å². The molecule has 10 unspecified atom stereocenters. The van der Waals surface area contributed by atoms with E-state index in [0.29, 0.717) is 0 Å². The van der Waals surface area contributed by atoms with Gasteiger partial charge in [0, 0.05) is 446 Å². The zero-order valence-corrected chi connectivity index (χ0v) is 78.5. The van der Waals surface area contributed by atoms with Gasteiger partial charge in [-0.25, -0.2) is 0 Å². The van der Waals surface area contributed by atoms with Crippen LogP contribution in [-0.4, -0.2) is 192 Å².